The van der Waals surface area contributed by atoms with Gasteiger partial charge in [-0.3, -0.25) is 4.68 Å². The topological polar surface area (TPSA) is 82.2 Å². The maximum atomic E-state index is 14.1. The van der Waals surface area contributed by atoms with Crippen LogP contribution in [0.1, 0.15) is 11.3 Å². The number of aryl methyl sites for hydroxylation is 1. The Bertz CT molecular complexity index is 1240. The van der Waals surface area contributed by atoms with Crippen LogP contribution in [0.5, 0.6) is 0 Å². The van der Waals surface area contributed by atoms with Crippen molar-refractivity contribution in [3.63, 3.8) is 0 Å². The molecule has 13 heteroatoms. The van der Waals surface area contributed by atoms with Crippen molar-refractivity contribution in [2.75, 3.05) is 6.61 Å². The molecule has 0 saturated heterocycles. The summed E-state index contributed by atoms with van der Waals surface area (Å²) < 4.78 is 74.8. The number of carbonyl (C=O) groups is 1. The van der Waals surface area contributed by atoms with Gasteiger partial charge in [-0.05, 0) is 18.2 Å². The molecule has 2 aromatic heterocycles. The van der Waals surface area contributed by atoms with Crippen LogP contribution in [0.25, 0.3) is 22.7 Å². The van der Waals surface area contributed by atoms with Gasteiger partial charge in [0, 0.05) is 13.2 Å². The molecule has 0 amide bonds. The van der Waals surface area contributed by atoms with Crippen LogP contribution in [-0.2, 0) is 22.8 Å². The number of aromatic nitrogens is 4. The van der Waals surface area contributed by atoms with Crippen LogP contribution in [0.2, 0.25) is 5.15 Å². The zero-order chi connectivity index (χ0) is 24.5. The first-order chi connectivity index (χ1) is 15.5. The maximum absolute atomic E-state index is 14.1. The second kappa shape index (κ2) is 9.06. The molecule has 3 aromatic rings. The van der Waals surface area contributed by atoms with Gasteiger partial charge in [0.05, 0.1) is 16.8 Å². The van der Waals surface area contributed by atoms with Crippen molar-refractivity contribution in [3.05, 3.63) is 71.2 Å². The molecule has 0 aliphatic carbocycles. The Morgan fingerprint density at radius 2 is 1.88 bits per heavy atom. The zero-order valence-corrected chi connectivity index (χ0v) is 17.5. The summed E-state index contributed by atoms with van der Waals surface area (Å²) in [5.41, 5.74) is -4.34. The van der Waals surface area contributed by atoms with Gasteiger partial charge in [-0.1, -0.05) is 30.3 Å². The third-order valence-corrected chi connectivity index (χ3v) is 4.70. The van der Waals surface area contributed by atoms with E-state index in [4.69, 9.17) is 16.3 Å². The fourth-order valence-corrected chi connectivity index (χ4v) is 3.07. The highest BCUT2D eigenvalue weighted by molar-refractivity contribution is 6.32. The van der Waals surface area contributed by atoms with Crippen LogP contribution in [-0.4, -0.2) is 37.2 Å². The van der Waals surface area contributed by atoms with Crippen LogP contribution in [0.3, 0.4) is 0 Å². The zero-order valence-electron chi connectivity index (χ0n) is 16.7. The average Bonchev–Trinajstić information content (AvgIpc) is 3.31. The van der Waals surface area contributed by atoms with E-state index in [1.165, 1.54) is 6.08 Å². The number of hydrogen-bond donors (Lipinski definition) is 1. The summed E-state index contributed by atoms with van der Waals surface area (Å²) in [6.07, 6.45) is -2.87. The smallest absolute Gasteiger partial charge is 0.435 e. The van der Waals surface area contributed by atoms with Gasteiger partial charge in [0.1, 0.15) is 23.4 Å². The van der Waals surface area contributed by atoms with Gasteiger partial charge in [-0.15, -0.1) is 0 Å². The lowest BCUT2D eigenvalue weighted by atomic mass is 10.1. The Morgan fingerprint density at radius 3 is 2.45 bits per heavy atom. The van der Waals surface area contributed by atoms with E-state index in [1.54, 1.807) is 0 Å². The van der Waals surface area contributed by atoms with E-state index in [9.17, 15) is 31.9 Å². The molecule has 7 nitrogen and oxygen atoms in total. The van der Waals surface area contributed by atoms with E-state index >= 15 is 0 Å². The second-order valence-corrected chi connectivity index (χ2v) is 6.82. The Balaban J connectivity index is 2.26. The quantitative estimate of drug-likeness (QED) is 0.176. The molecule has 1 aromatic carbocycles. The monoisotopic (exact) mass is 488 g/mol. The predicted molar refractivity (Wildman–Crippen MR) is 108 cm³/mol. The number of esters is 1. The van der Waals surface area contributed by atoms with Crippen molar-refractivity contribution >= 4 is 29.0 Å². The minimum atomic E-state index is -5.05. The minimum Gasteiger partial charge on any atom is -0.505 e. The van der Waals surface area contributed by atoms with Gasteiger partial charge >= 0.3 is 12.1 Å². The Morgan fingerprint density at radius 1 is 1.24 bits per heavy atom. The molecule has 0 bridgehead atoms. The van der Waals surface area contributed by atoms with Gasteiger partial charge in [0.25, 0.3) is 0 Å². The molecular formula is C20H14ClF5N4O3. The van der Waals surface area contributed by atoms with Crippen LogP contribution in [0.4, 0.5) is 22.0 Å². The number of rotatable bonds is 6. The maximum Gasteiger partial charge on any atom is 0.435 e. The molecule has 0 unspecified atom stereocenters. The van der Waals surface area contributed by atoms with E-state index in [-0.39, 0.29) is 12.3 Å². The van der Waals surface area contributed by atoms with Crippen molar-refractivity contribution < 1.29 is 36.6 Å². The van der Waals surface area contributed by atoms with Crippen molar-refractivity contribution in [1.29, 1.82) is 0 Å². The minimum absolute atomic E-state index is 0.305. The van der Waals surface area contributed by atoms with E-state index in [0.717, 1.165) is 37.5 Å². The SMILES string of the molecule is C=CCOC(=O)C(=C(O)c1c(C(F)(F)F)nn(C)c1Cl)n1ccc(-c2c(F)cccc2F)n1. The molecule has 2 heterocycles. The lowest BCUT2D eigenvalue weighted by Gasteiger charge is -2.12. The largest absolute Gasteiger partial charge is 0.505 e. The van der Waals surface area contributed by atoms with E-state index in [2.05, 4.69) is 16.8 Å². The van der Waals surface area contributed by atoms with E-state index in [0.29, 0.717) is 9.36 Å². The number of carbonyl (C=O) groups excluding carboxylic acids is 1. The normalized spacial score (nSPS) is 12.5. The Labute approximate surface area is 188 Å². The first-order valence-corrected chi connectivity index (χ1v) is 9.36. The summed E-state index contributed by atoms with van der Waals surface area (Å²) in [6, 6.07) is 4.15. The molecule has 0 aliphatic rings. The summed E-state index contributed by atoms with van der Waals surface area (Å²) in [4.78, 5) is 12.6. The van der Waals surface area contributed by atoms with Crippen molar-refractivity contribution in [3.8, 4) is 11.3 Å². The fourth-order valence-electron chi connectivity index (χ4n) is 2.86. The summed E-state index contributed by atoms with van der Waals surface area (Å²) in [5.74, 6) is -4.53. The fraction of sp³-hybridized carbons (Fsp3) is 0.150. The number of nitrogens with zero attached hydrogens (tertiary/aromatic N) is 4. The number of halogens is 6. The van der Waals surface area contributed by atoms with Gasteiger partial charge in [0.15, 0.2) is 17.2 Å². The number of benzene rings is 1. The molecule has 0 fully saturated rings. The lowest BCUT2D eigenvalue weighted by molar-refractivity contribution is -0.142. The van der Waals surface area contributed by atoms with Crippen LogP contribution < -0.4 is 0 Å². The summed E-state index contributed by atoms with van der Waals surface area (Å²) >= 11 is 5.91. The highest BCUT2D eigenvalue weighted by atomic mass is 35.5. The van der Waals surface area contributed by atoms with E-state index in [1.807, 2.05) is 0 Å². The lowest BCUT2D eigenvalue weighted by Crippen LogP contribution is -2.17. The molecule has 1 N–H and O–H groups in total. The number of hydrogen-bond acceptors (Lipinski definition) is 5. The molecule has 0 saturated carbocycles. The molecule has 3 rings (SSSR count). The number of alkyl halides is 3. The molecular weight excluding hydrogens is 475 g/mol. The van der Waals surface area contributed by atoms with Crippen LogP contribution in [0, 0.1) is 11.6 Å². The Hall–Kier alpha value is -3.67. The van der Waals surface area contributed by atoms with Crippen LogP contribution in [0.15, 0.2) is 43.1 Å². The Kier molecular flexibility index (Phi) is 6.58. The molecule has 0 aliphatic heterocycles. The van der Waals surface area contributed by atoms with Gasteiger partial charge in [-0.25, -0.2) is 18.3 Å². The van der Waals surface area contributed by atoms with Crippen molar-refractivity contribution in [2.45, 2.75) is 6.18 Å². The number of aliphatic hydroxyl groups excluding tert-OH is 1. The molecule has 174 valence electrons. The van der Waals surface area contributed by atoms with E-state index < -0.39 is 57.2 Å². The second-order valence-electron chi connectivity index (χ2n) is 6.46. The number of aliphatic hydroxyl groups is 1. The highest BCUT2D eigenvalue weighted by Gasteiger charge is 2.41. The molecule has 0 radical (unpaired) electrons. The predicted octanol–water partition coefficient (Wildman–Crippen LogP) is 4.85. The first-order valence-electron chi connectivity index (χ1n) is 8.99. The molecule has 0 spiro atoms. The number of ether oxygens (including phenoxy) is 1. The van der Waals surface area contributed by atoms with Gasteiger partial charge in [-0.2, -0.15) is 23.4 Å². The average molecular weight is 489 g/mol. The van der Waals surface area contributed by atoms with Gasteiger partial charge in [0.2, 0.25) is 0 Å². The summed E-state index contributed by atoms with van der Waals surface area (Å²) in [5, 5.41) is 17.2. The molecule has 0 atom stereocenters. The van der Waals surface area contributed by atoms with Gasteiger partial charge < -0.3 is 9.84 Å². The standard InChI is InChI=1S/C20H14ClF5N4O3/c1-3-9-33-19(32)15(16(31)14-17(20(24,25)26)28-29(2)18(14)21)30-8-7-12(27-30)13-10(22)5-4-6-11(13)23/h3-8,31H,1,9H2,2H3. The molecule has 33 heavy (non-hydrogen) atoms. The summed E-state index contributed by atoms with van der Waals surface area (Å²) in [6.45, 7) is 2.99. The third kappa shape index (κ3) is 4.60. The third-order valence-electron chi connectivity index (χ3n) is 4.27. The van der Waals surface area contributed by atoms with Crippen molar-refractivity contribution in [1.82, 2.24) is 19.6 Å². The first kappa shape index (κ1) is 24.0. The summed E-state index contributed by atoms with van der Waals surface area (Å²) in [7, 11) is 1.09. The van der Waals surface area contributed by atoms with Crippen LogP contribution >= 0.6 is 11.6 Å². The van der Waals surface area contributed by atoms with Crippen molar-refractivity contribution in [2.24, 2.45) is 7.05 Å². The highest BCUT2D eigenvalue weighted by Crippen LogP contribution is 2.39.